The third-order valence-electron chi connectivity index (χ3n) is 3.33. The van der Waals surface area contributed by atoms with Crippen molar-refractivity contribution >= 4 is 17.0 Å². The summed E-state index contributed by atoms with van der Waals surface area (Å²) in [5.41, 5.74) is 0.364. The first-order valence-corrected chi connectivity index (χ1v) is 5.93. The number of H-pyrrole nitrogens is 1. The van der Waals surface area contributed by atoms with Crippen LogP contribution in [0.15, 0.2) is 23.1 Å². The van der Waals surface area contributed by atoms with Gasteiger partial charge in [0.2, 0.25) is 5.95 Å². The lowest BCUT2D eigenvalue weighted by Gasteiger charge is -2.25. The molecule has 0 aromatic carbocycles. The van der Waals surface area contributed by atoms with Gasteiger partial charge in [0.15, 0.2) is 5.65 Å². The van der Waals surface area contributed by atoms with E-state index in [0.717, 1.165) is 12.8 Å². The number of aryl methyl sites for hydroxylation is 1. The summed E-state index contributed by atoms with van der Waals surface area (Å²) >= 11 is 0. The minimum absolute atomic E-state index is 0.0673. The third-order valence-corrected chi connectivity index (χ3v) is 3.33. The Morgan fingerprint density at radius 1 is 1.44 bits per heavy atom. The van der Waals surface area contributed by atoms with Crippen LogP contribution in [0.3, 0.4) is 0 Å². The van der Waals surface area contributed by atoms with Crippen molar-refractivity contribution in [3.8, 4) is 0 Å². The molecule has 0 aliphatic heterocycles. The van der Waals surface area contributed by atoms with Crippen LogP contribution in [0.5, 0.6) is 0 Å². The molecule has 6 heteroatoms. The van der Waals surface area contributed by atoms with Crippen LogP contribution < -0.4 is 10.9 Å². The Balaban J connectivity index is 2.02. The first kappa shape index (κ1) is 11.0. The molecule has 3 rings (SSSR count). The monoisotopic (exact) mass is 245 g/mol. The van der Waals surface area contributed by atoms with Gasteiger partial charge >= 0.3 is 0 Å². The van der Waals surface area contributed by atoms with E-state index in [4.69, 9.17) is 0 Å². The standard InChI is InChI=1S/C12H15N5O/c1-12(5-3-4-6-12)16-11-14-9-8(10(18)15-11)7-13-17(9)2/h3-4,7H,5-6H2,1-2H3,(H2,14,15,16,18). The van der Waals surface area contributed by atoms with E-state index in [2.05, 4.69) is 39.5 Å². The second-order valence-corrected chi connectivity index (χ2v) is 4.99. The quantitative estimate of drug-likeness (QED) is 0.779. The van der Waals surface area contributed by atoms with Crippen molar-refractivity contribution in [3.05, 3.63) is 28.7 Å². The van der Waals surface area contributed by atoms with Gasteiger partial charge in [-0.15, -0.1) is 0 Å². The minimum Gasteiger partial charge on any atom is -0.350 e. The highest BCUT2D eigenvalue weighted by Gasteiger charge is 2.25. The molecule has 6 nitrogen and oxygen atoms in total. The summed E-state index contributed by atoms with van der Waals surface area (Å²) in [4.78, 5) is 19.1. The molecule has 0 amide bonds. The second kappa shape index (κ2) is 3.69. The Labute approximate surface area is 104 Å². The van der Waals surface area contributed by atoms with Gasteiger partial charge < -0.3 is 5.32 Å². The first-order valence-electron chi connectivity index (χ1n) is 5.93. The van der Waals surface area contributed by atoms with Crippen molar-refractivity contribution < 1.29 is 0 Å². The largest absolute Gasteiger partial charge is 0.350 e. The molecule has 0 saturated carbocycles. The predicted molar refractivity (Wildman–Crippen MR) is 69.5 cm³/mol. The summed E-state index contributed by atoms with van der Waals surface area (Å²) in [6.07, 6.45) is 7.66. The molecule has 0 saturated heterocycles. The van der Waals surface area contributed by atoms with E-state index in [1.807, 2.05) is 0 Å². The van der Waals surface area contributed by atoms with Gasteiger partial charge in [0.1, 0.15) is 5.39 Å². The molecular formula is C12H15N5O. The lowest BCUT2D eigenvalue weighted by molar-refractivity contribution is 0.548. The molecule has 0 bridgehead atoms. The van der Waals surface area contributed by atoms with Crippen LogP contribution in [0.25, 0.3) is 11.0 Å². The van der Waals surface area contributed by atoms with Crippen LogP contribution in [-0.2, 0) is 7.05 Å². The normalized spacial score (nSPS) is 17.4. The molecule has 1 aliphatic carbocycles. The Morgan fingerprint density at radius 3 is 2.89 bits per heavy atom. The zero-order chi connectivity index (χ0) is 12.8. The van der Waals surface area contributed by atoms with Crippen molar-refractivity contribution in [2.75, 3.05) is 5.32 Å². The fourth-order valence-electron chi connectivity index (χ4n) is 2.25. The molecule has 2 aromatic rings. The number of nitrogens with zero attached hydrogens (tertiary/aromatic N) is 3. The Bertz CT molecular complexity index is 673. The molecule has 1 aliphatic rings. The van der Waals surface area contributed by atoms with Crippen LogP contribution in [0.1, 0.15) is 19.8 Å². The molecule has 2 aromatic heterocycles. The number of fused-ring (bicyclic) bond motifs is 1. The molecule has 18 heavy (non-hydrogen) atoms. The molecular weight excluding hydrogens is 230 g/mol. The van der Waals surface area contributed by atoms with Crippen LogP contribution in [-0.4, -0.2) is 25.3 Å². The summed E-state index contributed by atoms with van der Waals surface area (Å²) in [5.74, 6) is 0.502. The number of aromatic amines is 1. The zero-order valence-corrected chi connectivity index (χ0v) is 10.4. The van der Waals surface area contributed by atoms with Crippen molar-refractivity contribution in [2.24, 2.45) is 7.05 Å². The number of nitrogens with one attached hydrogen (secondary N) is 2. The number of anilines is 1. The highest BCUT2D eigenvalue weighted by molar-refractivity contribution is 5.74. The van der Waals surface area contributed by atoms with Gasteiger partial charge in [-0.1, -0.05) is 12.2 Å². The minimum atomic E-state index is -0.162. The van der Waals surface area contributed by atoms with E-state index < -0.39 is 0 Å². The molecule has 0 unspecified atom stereocenters. The van der Waals surface area contributed by atoms with E-state index in [1.165, 1.54) is 6.20 Å². The molecule has 0 atom stereocenters. The lowest BCUT2D eigenvalue weighted by atomic mass is 10.0. The van der Waals surface area contributed by atoms with Gasteiger partial charge in [-0.2, -0.15) is 10.1 Å². The van der Waals surface area contributed by atoms with Gasteiger partial charge in [-0.05, 0) is 19.8 Å². The Kier molecular flexibility index (Phi) is 2.26. The fraction of sp³-hybridized carbons (Fsp3) is 0.417. The zero-order valence-electron chi connectivity index (χ0n) is 10.4. The average Bonchev–Trinajstić information content (AvgIpc) is 2.87. The number of rotatable bonds is 2. The first-order chi connectivity index (χ1) is 8.57. The SMILES string of the molecule is Cn1ncc2c(=O)[nH]c(NC3(C)CC=CC3)nc21. The van der Waals surface area contributed by atoms with E-state index in [-0.39, 0.29) is 11.1 Å². The molecule has 0 radical (unpaired) electrons. The van der Waals surface area contributed by atoms with Crippen LogP contribution in [0.4, 0.5) is 5.95 Å². The molecule has 0 fully saturated rings. The molecule has 2 heterocycles. The van der Waals surface area contributed by atoms with Crippen molar-refractivity contribution in [2.45, 2.75) is 25.3 Å². The van der Waals surface area contributed by atoms with Crippen molar-refractivity contribution in [3.63, 3.8) is 0 Å². The predicted octanol–water partition coefficient (Wildman–Crippen LogP) is 1.18. The van der Waals surface area contributed by atoms with Crippen molar-refractivity contribution in [1.29, 1.82) is 0 Å². The molecule has 0 spiro atoms. The maximum Gasteiger partial charge on any atom is 0.263 e. The fourth-order valence-corrected chi connectivity index (χ4v) is 2.25. The van der Waals surface area contributed by atoms with Crippen LogP contribution >= 0.6 is 0 Å². The molecule has 94 valence electrons. The highest BCUT2D eigenvalue weighted by Crippen LogP contribution is 2.26. The summed E-state index contributed by atoms with van der Waals surface area (Å²) in [6.45, 7) is 2.11. The maximum absolute atomic E-state index is 11.9. The lowest BCUT2D eigenvalue weighted by Crippen LogP contribution is -2.33. The van der Waals surface area contributed by atoms with E-state index in [0.29, 0.717) is 17.0 Å². The van der Waals surface area contributed by atoms with Gasteiger partial charge in [0.25, 0.3) is 5.56 Å². The Hall–Kier alpha value is -2.11. The van der Waals surface area contributed by atoms with Gasteiger partial charge in [0.05, 0.1) is 6.20 Å². The number of hydrogen-bond acceptors (Lipinski definition) is 4. The summed E-state index contributed by atoms with van der Waals surface area (Å²) in [5, 5.41) is 7.85. The van der Waals surface area contributed by atoms with Gasteiger partial charge in [-0.3, -0.25) is 14.5 Å². The van der Waals surface area contributed by atoms with Gasteiger partial charge in [0, 0.05) is 12.6 Å². The van der Waals surface area contributed by atoms with E-state index >= 15 is 0 Å². The van der Waals surface area contributed by atoms with E-state index in [9.17, 15) is 4.79 Å². The summed E-state index contributed by atoms with van der Waals surface area (Å²) < 4.78 is 1.60. The maximum atomic E-state index is 11.9. The van der Waals surface area contributed by atoms with Crippen molar-refractivity contribution in [1.82, 2.24) is 19.7 Å². The van der Waals surface area contributed by atoms with Crippen LogP contribution in [0, 0.1) is 0 Å². The van der Waals surface area contributed by atoms with Gasteiger partial charge in [-0.25, -0.2) is 0 Å². The smallest absolute Gasteiger partial charge is 0.263 e. The third kappa shape index (κ3) is 1.70. The second-order valence-electron chi connectivity index (χ2n) is 4.99. The molecule has 2 N–H and O–H groups in total. The number of hydrogen-bond donors (Lipinski definition) is 2. The highest BCUT2D eigenvalue weighted by atomic mass is 16.1. The summed E-state index contributed by atoms with van der Waals surface area (Å²) in [6, 6.07) is 0. The Morgan fingerprint density at radius 2 is 2.17 bits per heavy atom. The average molecular weight is 245 g/mol. The summed E-state index contributed by atoms with van der Waals surface area (Å²) in [7, 11) is 1.78. The number of aromatic nitrogens is 4. The van der Waals surface area contributed by atoms with Crippen LogP contribution in [0.2, 0.25) is 0 Å². The van der Waals surface area contributed by atoms with E-state index in [1.54, 1.807) is 11.7 Å². The topological polar surface area (TPSA) is 75.6 Å².